The molecule has 11 heteroatoms. The van der Waals surface area contributed by atoms with Crippen molar-refractivity contribution in [2.45, 2.75) is 12.4 Å². The van der Waals surface area contributed by atoms with Crippen molar-refractivity contribution in [3.63, 3.8) is 0 Å². The smallest absolute Gasteiger partial charge is 0.275 e. The van der Waals surface area contributed by atoms with Crippen LogP contribution in [0.25, 0.3) is 0 Å². The van der Waals surface area contributed by atoms with Crippen molar-refractivity contribution >= 4 is 17.6 Å². The van der Waals surface area contributed by atoms with Gasteiger partial charge in [-0.05, 0) is 18.2 Å². The number of urea groups is 1. The van der Waals surface area contributed by atoms with E-state index in [2.05, 4.69) is 5.43 Å². The zero-order chi connectivity index (χ0) is 16.7. The molecule has 2 N–H and O–H groups in total. The SMILES string of the molecule is O=C1CNN(c2cc(C(F)(F)F)cc(C(F)(F)F)c2)C(=O)N1. The fourth-order valence-electron chi connectivity index (χ4n) is 1.72. The second-order valence-electron chi connectivity index (χ2n) is 4.29. The summed E-state index contributed by atoms with van der Waals surface area (Å²) in [4.78, 5) is 22.4. The molecule has 3 amide bonds. The van der Waals surface area contributed by atoms with Crippen molar-refractivity contribution in [2.24, 2.45) is 0 Å². The van der Waals surface area contributed by atoms with Gasteiger partial charge in [-0.15, -0.1) is 0 Å². The van der Waals surface area contributed by atoms with Crippen molar-refractivity contribution in [2.75, 3.05) is 11.6 Å². The molecule has 0 radical (unpaired) electrons. The lowest BCUT2D eigenvalue weighted by Crippen LogP contribution is -2.59. The van der Waals surface area contributed by atoms with Gasteiger partial charge in [-0.3, -0.25) is 10.1 Å². The van der Waals surface area contributed by atoms with E-state index >= 15 is 0 Å². The van der Waals surface area contributed by atoms with Crippen molar-refractivity contribution < 1.29 is 35.9 Å². The molecule has 1 saturated heterocycles. The molecule has 1 aromatic carbocycles. The van der Waals surface area contributed by atoms with Gasteiger partial charge in [0.15, 0.2) is 0 Å². The van der Waals surface area contributed by atoms with Gasteiger partial charge in [-0.25, -0.2) is 15.2 Å². The molecule has 0 spiro atoms. The van der Waals surface area contributed by atoms with E-state index in [-0.39, 0.29) is 6.07 Å². The lowest BCUT2D eigenvalue weighted by atomic mass is 10.1. The van der Waals surface area contributed by atoms with Gasteiger partial charge >= 0.3 is 18.4 Å². The molecular weight excluding hydrogens is 320 g/mol. The Morgan fingerprint density at radius 3 is 1.82 bits per heavy atom. The molecule has 2 rings (SSSR count). The molecule has 1 heterocycles. The fourth-order valence-corrected chi connectivity index (χ4v) is 1.72. The van der Waals surface area contributed by atoms with Crippen molar-refractivity contribution in [1.82, 2.24) is 10.7 Å². The molecule has 1 fully saturated rings. The molecule has 5 nitrogen and oxygen atoms in total. The van der Waals surface area contributed by atoms with E-state index in [1.165, 1.54) is 0 Å². The molecule has 0 saturated carbocycles. The normalized spacial score (nSPS) is 16.7. The van der Waals surface area contributed by atoms with Crippen LogP contribution in [-0.4, -0.2) is 18.5 Å². The second kappa shape index (κ2) is 5.16. The Kier molecular flexibility index (Phi) is 3.77. The van der Waals surface area contributed by atoms with Gasteiger partial charge in [0.2, 0.25) is 5.91 Å². The van der Waals surface area contributed by atoms with E-state index in [1.54, 1.807) is 5.32 Å². The number of hydrogen-bond donors (Lipinski definition) is 2. The lowest BCUT2D eigenvalue weighted by molar-refractivity contribution is -0.143. The quantitative estimate of drug-likeness (QED) is 0.778. The Bertz CT molecular complexity index is 593. The highest BCUT2D eigenvalue weighted by atomic mass is 19.4. The number of imide groups is 1. The molecule has 1 aliphatic heterocycles. The number of nitrogens with one attached hydrogen (secondary N) is 2. The van der Waals surface area contributed by atoms with E-state index in [0.717, 1.165) is 0 Å². The molecule has 120 valence electrons. The first-order chi connectivity index (χ1) is 9.98. The van der Waals surface area contributed by atoms with Crippen LogP contribution in [0.15, 0.2) is 18.2 Å². The number of anilines is 1. The molecule has 22 heavy (non-hydrogen) atoms. The summed E-state index contributed by atoms with van der Waals surface area (Å²) in [6.07, 6.45) is -10.1. The van der Waals surface area contributed by atoms with E-state index in [0.29, 0.717) is 17.1 Å². The van der Waals surface area contributed by atoms with Crippen LogP contribution in [0, 0.1) is 0 Å². The minimum Gasteiger partial charge on any atom is -0.275 e. The van der Waals surface area contributed by atoms with Crippen LogP contribution in [0.5, 0.6) is 0 Å². The van der Waals surface area contributed by atoms with Gasteiger partial charge in [0.25, 0.3) is 0 Å². The molecule has 1 aliphatic rings. The van der Waals surface area contributed by atoms with E-state index in [4.69, 9.17) is 0 Å². The highest BCUT2D eigenvalue weighted by molar-refractivity contribution is 6.05. The third-order valence-corrected chi connectivity index (χ3v) is 2.68. The third-order valence-electron chi connectivity index (χ3n) is 2.68. The number of rotatable bonds is 1. The molecule has 0 atom stereocenters. The number of benzene rings is 1. The van der Waals surface area contributed by atoms with Gasteiger partial charge < -0.3 is 0 Å². The van der Waals surface area contributed by atoms with Gasteiger partial charge in [0.05, 0.1) is 23.4 Å². The molecule has 0 bridgehead atoms. The molecular formula is C11H7F6N3O2. The van der Waals surface area contributed by atoms with Crippen LogP contribution < -0.4 is 15.8 Å². The molecule has 1 aromatic rings. The van der Waals surface area contributed by atoms with Crippen LogP contribution >= 0.6 is 0 Å². The predicted octanol–water partition coefficient (Wildman–Crippen LogP) is 2.29. The highest BCUT2D eigenvalue weighted by Gasteiger charge is 2.38. The number of halogens is 6. The first-order valence-corrected chi connectivity index (χ1v) is 5.65. The summed E-state index contributed by atoms with van der Waals surface area (Å²) in [5.74, 6) is -0.760. The minimum atomic E-state index is -5.03. The number of alkyl halides is 6. The van der Waals surface area contributed by atoms with Gasteiger partial charge in [0.1, 0.15) is 0 Å². The van der Waals surface area contributed by atoms with Gasteiger partial charge in [0, 0.05) is 0 Å². The Balaban J connectivity index is 2.51. The number of amides is 3. The largest absolute Gasteiger partial charge is 0.416 e. The van der Waals surface area contributed by atoms with Crippen LogP contribution in [0.3, 0.4) is 0 Å². The van der Waals surface area contributed by atoms with Crippen molar-refractivity contribution in [1.29, 1.82) is 0 Å². The molecule has 0 aromatic heterocycles. The van der Waals surface area contributed by atoms with Crippen LogP contribution in [-0.2, 0) is 17.1 Å². The van der Waals surface area contributed by atoms with E-state index in [1.807, 2.05) is 0 Å². The van der Waals surface area contributed by atoms with Crippen molar-refractivity contribution in [3.8, 4) is 0 Å². The summed E-state index contributed by atoms with van der Waals surface area (Å²) in [7, 11) is 0. The summed E-state index contributed by atoms with van der Waals surface area (Å²) in [6.45, 7) is -0.469. The van der Waals surface area contributed by atoms with Crippen molar-refractivity contribution in [3.05, 3.63) is 29.3 Å². The summed E-state index contributed by atoms with van der Waals surface area (Å²) >= 11 is 0. The maximum Gasteiger partial charge on any atom is 0.416 e. The number of hydrazine groups is 1. The first kappa shape index (κ1) is 16.1. The average molecular weight is 327 g/mol. The summed E-state index contributed by atoms with van der Waals surface area (Å²) in [6, 6.07) is -0.491. The Morgan fingerprint density at radius 2 is 1.41 bits per heavy atom. The maximum atomic E-state index is 12.7. The maximum absolute atomic E-state index is 12.7. The second-order valence-corrected chi connectivity index (χ2v) is 4.29. The minimum absolute atomic E-state index is 0.0590. The highest BCUT2D eigenvalue weighted by Crippen LogP contribution is 2.38. The molecule has 0 unspecified atom stereocenters. The number of carbonyl (C=O) groups is 2. The van der Waals surface area contributed by atoms with E-state index in [9.17, 15) is 35.9 Å². The van der Waals surface area contributed by atoms with Crippen LogP contribution in [0.4, 0.5) is 36.8 Å². The Labute approximate surface area is 118 Å². The first-order valence-electron chi connectivity index (χ1n) is 5.65. The molecule has 0 aliphatic carbocycles. The standard InChI is InChI=1S/C11H7F6N3O2/c12-10(13,14)5-1-6(11(15,16)17)3-7(2-5)20-9(22)19-8(21)4-18-20/h1-3,18H,4H2,(H,19,21,22). The number of hydrogen-bond acceptors (Lipinski definition) is 3. The lowest BCUT2D eigenvalue weighted by Gasteiger charge is -2.28. The summed E-state index contributed by atoms with van der Waals surface area (Å²) < 4.78 is 76.2. The average Bonchev–Trinajstić information content (AvgIpc) is 2.36. The Hall–Kier alpha value is -2.30. The van der Waals surface area contributed by atoms with Gasteiger partial charge in [-0.2, -0.15) is 26.3 Å². The number of nitrogens with zero attached hydrogens (tertiary/aromatic N) is 1. The summed E-state index contributed by atoms with van der Waals surface area (Å²) in [5.41, 5.74) is -1.69. The van der Waals surface area contributed by atoms with Crippen LogP contribution in [0.1, 0.15) is 11.1 Å². The predicted molar refractivity (Wildman–Crippen MR) is 60.5 cm³/mol. The van der Waals surface area contributed by atoms with E-state index < -0.39 is 47.6 Å². The fraction of sp³-hybridized carbons (Fsp3) is 0.273. The van der Waals surface area contributed by atoms with Gasteiger partial charge in [-0.1, -0.05) is 0 Å². The number of carbonyl (C=O) groups excluding carboxylic acids is 2. The monoisotopic (exact) mass is 327 g/mol. The third kappa shape index (κ3) is 3.30. The Morgan fingerprint density at radius 1 is 0.909 bits per heavy atom. The topological polar surface area (TPSA) is 61.4 Å². The zero-order valence-electron chi connectivity index (χ0n) is 10.5. The summed E-state index contributed by atoms with van der Waals surface area (Å²) in [5, 5.41) is 2.18. The van der Waals surface area contributed by atoms with Crippen LogP contribution in [0.2, 0.25) is 0 Å². The zero-order valence-corrected chi connectivity index (χ0v) is 10.5.